The van der Waals surface area contributed by atoms with E-state index in [1.807, 2.05) is 35.6 Å². The number of nitrogens with zero attached hydrogens (tertiary/aromatic N) is 3. The summed E-state index contributed by atoms with van der Waals surface area (Å²) < 4.78 is 12.8. The largest absolute Gasteiger partial charge is 0.495 e. The molecule has 0 saturated heterocycles. The van der Waals surface area contributed by atoms with Crippen molar-refractivity contribution < 1.29 is 13.9 Å². The highest BCUT2D eigenvalue weighted by molar-refractivity contribution is 8.00. The van der Waals surface area contributed by atoms with Crippen LogP contribution in [0.1, 0.15) is 5.76 Å². The summed E-state index contributed by atoms with van der Waals surface area (Å²) >= 11 is 1.32. The number of aryl methyl sites for hydroxylation is 1. The van der Waals surface area contributed by atoms with Crippen LogP contribution in [0.25, 0.3) is 16.6 Å². The molecular weight excluding hydrogens is 352 g/mol. The maximum absolute atomic E-state index is 12.3. The van der Waals surface area contributed by atoms with Crippen LogP contribution in [0.4, 0.5) is 5.69 Å². The maximum atomic E-state index is 12.3. The number of amides is 1. The summed E-state index contributed by atoms with van der Waals surface area (Å²) in [6.45, 7) is 1.90. The van der Waals surface area contributed by atoms with E-state index in [0.717, 1.165) is 22.4 Å². The van der Waals surface area contributed by atoms with Gasteiger partial charge in [0.1, 0.15) is 22.9 Å². The van der Waals surface area contributed by atoms with Crippen LogP contribution in [0.2, 0.25) is 0 Å². The van der Waals surface area contributed by atoms with Gasteiger partial charge in [-0.3, -0.25) is 9.20 Å². The van der Waals surface area contributed by atoms with Gasteiger partial charge in [-0.15, -0.1) is 10.2 Å². The Hall–Kier alpha value is -3.00. The number of aromatic nitrogens is 3. The highest BCUT2D eigenvalue weighted by atomic mass is 32.2. The van der Waals surface area contributed by atoms with E-state index in [1.54, 1.807) is 25.6 Å². The predicted octanol–water partition coefficient (Wildman–Crippen LogP) is 3.52. The molecule has 0 radical (unpaired) electrons. The summed E-state index contributed by atoms with van der Waals surface area (Å²) in [5.41, 5.74) is 3.22. The van der Waals surface area contributed by atoms with E-state index in [2.05, 4.69) is 15.5 Å². The van der Waals surface area contributed by atoms with E-state index >= 15 is 0 Å². The van der Waals surface area contributed by atoms with Crippen molar-refractivity contribution in [2.24, 2.45) is 0 Å². The van der Waals surface area contributed by atoms with E-state index in [-0.39, 0.29) is 11.7 Å². The van der Waals surface area contributed by atoms with Crippen molar-refractivity contribution in [2.45, 2.75) is 11.9 Å². The first-order chi connectivity index (χ1) is 12.7. The molecule has 132 valence electrons. The Bertz CT molecular complexity index is 1100. The molecule has 0 atom stereocenters. The number of carbonyl (C=O) groups excluding carboxylic acids is 1. The molecule has 1 aromatic carbocycles. The molecule has 1 N–H and O–H groups in total. The monoisotopic (exact) mass is 368 g/mol. The van der Waals surface area contributed by atoms with E-state index in [9.17, 15) is 4.79 Å². The summed E-state index contributed by atoms with van der Waals surface area (Å²) in [6.07, 6.45) is 1.64. The average Bonchev–Trinajstić information content (AvgIpc) is 3.17. The standard InChI is InChI=1S/C18H16N4O3S/c1-11-7-13-16(25-11)8-14-18(21-19-10-22(13)14)26-9-17(23)20-12-5-3-4-6-15(12)24-2/h3-8,10H,9H2,1-2H3,(H,20,23). The fraction of sp³-hybridized carbons (Fsp3) is 0.167. The highest BCUT2D eigenvalue weighted by Gasteiger charge is 2.14. The van der Waals surface area contributed by atoms with Gasteiger partial charge in [-0.25, -0.2) is 0 Å². The molecule has 7 nitrogen and oxygen atoms in total. The first kappa shape index (κ1) is 16.5. The molecule has 0 fully saturated rings. The van der Waals surface area contributed by atoms with Gasteiger partial charge in [-0.05, 0) is 19.1 Å². The highest BCUT2D eigenvalue weighted by Crippen LogP contribution is 2.29. The minimum atomic E-state index is -0.144. The van der Waals surface area contributed by atoms with Gasteiger partial charge in [-0.1, -0.05) is 23.9 Å². The van der Waals surface area contributed by atoms with Crippen LogP contribution >= 0.6 is 11.8 Å². The number of furan rings is 1. The Morgan fingerprint density at radius 3 is 3.00 bits per heavy atom. The predicted molar refractivity (Wildman–Crippen MR) is 99.8 cm³/mol. The van der Waals surface area contributed by atoms with Crippen LogP contribution in [-0.4, -0.2) is 33.4 Å². The normalized spacial score (nSPS) is 11.2. The molecule has 1 amide bonds. The lowest BCUT2D eigenvalue weighted by molar-refractivity contribution is -0.113. The zero-order chi connectivity index (χ0) is 18.1. The molecule has 0 unspecified atom stereocenters. The van der Waals surface area contributed by atoms with Gasteiger partial charge in [0.25, 0.3) is 0 Å². The molecular formula is C18H16N4O3S. The van der Waals surface area contributed by atoms with Crippen molar-refractivity contribution in [2.75, 3.05) is 18.2 Å². The first-order valence-corrected chi connectivity index (χ1v) is 8.93. The molecule has 0 saturated carbocycles. The molecule has 0 aliphatic heterocycles. The SMILES string of the molecule is COc1ccccc1NC(=O)CSc1nncn2c1cc1oc(C)cc12. The van der Waals surface area contributed by atoms with Gasteiger partial charge in [0.15, 0.2) is 5.58 Å². The molecule has 3 heterocycles. The van der Waals surface area contributed by atoms with E-state index in [0.29, 0.717) is 16.5 Å². The first-order valence-electron chi connectivity index (χ1n) is 7.94. The second-order valence-corrected chi connectivity index (χ2v) is 6.64. The topological polar surface area (TPSA) is 81.7 Å². The van der Waals surface area contributed by atoms with Gasteiger partial charge in [-0.2, -0.15) is 0 Å². The number of para-hydroxylation sites is 2. The molecule has 0 aliphatic rings. The van der Waals surface area contributed by atoms with E-state index < -0.39 is 0 Å². The summed E-state index contributed by atoms with van der Waals surface area (Å²) in [6, 6.07) is 11.2. The fourth-order valence-corrected chi connectivity index (χ4v) is 3.53. The fourth-order valence-electron chi connectivity index (χ4n) is 2.78. The van der Waals surface area contributed by atoms with E-state index in [1.165, 1.54) is 11.8 Å². The number of anilines is 1. The quantitative estimate of drug-likeness (QED) is 0.543. The molecule has 0 spiro atoms. The van der Waals surface area contributed by atoms with Crippen LogP contribution in [-0.2, 0) is 4.79 Å². The lowest BCUT2D eigenvalue weighted by atomic mass is 10.3. The smallest absolute Gasteiger partial charge is 0.234 e. The minimum absolute atomic E-state index is 0.144. The number of fused-ring (bicyclic) bond motifs is 3. The molecule has 0 aliphatic carbocycles. The number of methoxy groups -OCH3 is 1. The van der Waals surface area contributed by atoms with Crippen molar-refractivity contribution in [3.63, 3.8) is 0 Å². The zero-order valence-electron chi connectivity index (χ0n) is 14.2. The number of rotatable bonds is 5. The number of hydrogen-bond acceptors (Lipinski definition) is 6. The summed E-state index contributed by atoms with van der Waals surface area (Å²) in [7, 11) is 1.57. The maximum Gasteiger partial charge on any atom is 0.234 e. The van der Waals surface area contributed by atoms with Crippen LogP contribution < -0.4 is 10.1 Å². The number of nitrogens with one attached hydrogen (secondary N) is 1. The van der Waals surface area contributed by atoms with Crippen LogP contribution in [0.15, 0.2) is 52.2 Å². The van der Waals surface area contributed by atoms with Crippen LogP contribution in [0.3, 0.4) is 0 Å². The van der Waals surface area contributed by atoms with Crippen molar-refractivity contribution in [3.8, 4) is 5.75 Å². The zero-order valence-corrected chi connectivity index (χ0v) is 15.0. The van der Waals surface area contributed by atoms with Crippen LogP contribution in [0, 0.1) is 6.92 Å². The minimum Gasteiger partial charge on any atom is -0.495 e. The van der Waals surface area contributed by atoms with Gasteiger partial charge in [0.05, 0.1) is 29.6 Å². The number of benzene rings is 1. The number of hydrogen-bond donors (Lipinski definition) is 1. The van der Waals surface area contributed by atoms with Crippen molar-refractivity contribution in [3.05, 3.63) is 48.5 Å². The molecule has 8 heteroatoms. The molecule has 0 bridgehead atoms. The van der Waals surface area contributed by atoms with Gasteiger partial charge in [0, 0.05) is 12.1 Å². The molecule has 4 aromatic rings. The third kappa shape index (κ3) is 2.99. The number of thioether (sulfide) groups is 1. The lowest BCUT2D eigenvalue weighted by Crippen LogP contribution is -2.15. The van der Waals surface area contributed by atoms with Crippen molar-refractivity contribution >= 4 is 40.0 Å². The third-order valence-corrected chi connectivity index (χ3v) is 4.88. The van der Waals surface area contributed by atoms with Crippen LogP contribution in [0.5, 0.6) is 5.75 Å². The van der Waals surface area contributed by atoms with Gasteiger partial charge in [0.2, 0.25) is 5.91 Å². The number of carbonyl (C=O) groups is 1. The second-order valence-electron chi connectivity index (χ2n) is 5.68. The molecule has 4 rings (SSSR count). The van der Waals surface area contributed by atoms with Gasteiger partial charge < -0.3 is 14.5 Å². The summed E-state index contributed by atoms with van der Waals surface area (Å²) in [5.74, 6) is 1.52. The molecule has 26 heavy (non-hydrogen) atoms. The molecule has 3 aromatic heterocycles. The third-order valence-electron chi connectivity index (χ3n) is 3.91. The van der Waals surface area contributed by atoms with Crippen molar-refractivity contribution in [1.82, 2.24) is 14.6 Å². The second kappa shape index (κ2) is 6.72. The van der Waals surface area contributed by atoms with E-state index in [4.69, 9.17) is 9.15 Å². The average molecular weight is 368 g/mol. The Kier molecular flexibility index (Phi) is 4.26. The Morgan fingerprint density at radius 2 is 2.15 bits per heavy atom. The summed E-state index contributed by atoms with van der Waals surface area (Å²) in [4.78, 5) is 12.3. The Labute approximate surface area is 153 Å². The van der Waals surface area contributed by atoms with Gasteiger partial charge >= 0.3 is 0 Å². The Balaban J connectivity index is 1.52. The summed E-state index contributed by atoms with van der Waals surface area (Å²) in [5, 5.41) is 11.7. The lowest BCUT2D eigenvalue weighted by Gasteiger charge is -2.09. The van der Waals surface area contributed by atoms with Crippen molar-refractivity contribution in [1.29, 1.82) is 0 Å². The Morgan fingerprint density at radius 1 is 1.31 bits per heavy atom. The number of ether oxygens (including phenoxy) is 1.